The molecule has 1 unspecified atom stereocenters. The Morgan fingerprint density at radius 3 is 2.85 bits per heavy atom. The minimum atomic E-state index is -1.20. The smallest absolute Gasteiger partial charge is 0.405 e. The summed E-state index contributed by atoms with van der Waals surface area (Å²) in [7, 11) is 0. The molecule has 2 aromatic heterocycles. The van der Waals surface area contributed by atoms with Crippen molar-refractivity contribution in [3.63, 3.8) is 0 Å². The number of carboxylic acid groups (broad SMARTS) is 1. The largest absolute Gasteiger partial charge is 0.465 e. The molecule has 12 nitrogen and oxygen atoms in total. The second-order valence-corrected chi connectivity index (χ2v) is 11.2. The van der Waals surface area contributed by atoms with E-state index in [9.17, 15) is 9.59 Å². The second kappa shape index (κ2) is 11.7. The maximum atomic E-state index is 12.5. The highest BCUT2D eigenvalue weighted by atomic mass is 79.9. The van der Waals surface area contributed by atoms with Gasteiger partial charge in [0.05, 0.1) is 6.33 Å². The summed E-state index contributed by atoms with van der Waals surface area (Å²) in [5.74, 6) is 0.212. The number of aromatic amines is 1. The molecule has 2 amide bonds. The van der Waals surface area contributed by atoms with Gasteiger partial charge in [-0.05, 0) is 49.9 Å². The van der Waals surface area contributed by atoms with Crippen LogP contribution in [0.5, 0.6) is 0 Å². The average molecular weight is 619 g/mol. The van der Waals surface area contributed by atoms with E-state index in [-0.39, 0.29) is 11.4 Å². The van der Waals surface area contributed by atoms with Gasteiger partial charge >= 0.3 is 6.09 Å². The fourth-order valence-electron chi connectivity index (χ4n) is 4.68. The van der Waals surface area contributed by atoms with Crippen LogP contribution in [0.15, 0.2) is 51.6 Å². The fourth-order valence-corrected chi connectivity index (χ4v) is 5.87. The Hall–Kier alpha value is -3.52. The van der Waals surface area contributed by atoms with Gasteiger partial charge in [0.2, 0.25) is 11.0 Å². The van der Waals surface area contributed by atoms with Gasteiger partial charge in [-0.1, -0.05) is 34.1 Å². The molecule has 1 aromatic carbocycles. The van der Waals surface area contributed by atoms with Crippen molar-refractivity contribution in [2.75, 3.05) is 13.1 Å². The number of thioether (sulfide) groups is 1. The summed E-state index contributed by atoms with van der Waals surface area (Å²) in [5.41, 5.74) is 2.18. The van der Waals surface area contributed by atoms with Crippen molar-refractivity contribution in [2.45, 2.75) is 50.2 Å². The van der Waals surface area contributed by atoms with Gasteiger partial charge < -0.3 is 34.3 Å². The van der Waals surface area contributed by atoms with E-state index in [1.54, 1.807) is 24.4 Å². The van der Waals surface area contributed by atoms with Crippen LogP contribution < -0.4 is 10.8 Å². The van der Waals surface area contributed by atoms with E-state index in [4.69, 9.17) is 25.0 Å². The minimum Gasteiger partial charge on any atom is -0.465 e. The summed E-state index contributed by atoms with van der Waals surface area (Å²) in [6, 6.07) is 6.94. The monoisotopic (exact) mass is 617 g/mol. The first-order valence-electron chi connectivity index (χ1n) is 12.5. The molecule has 0 saturated carbocycles. The van der Waals surface area contributed by atoms with Crippen LogP contribution in [0, 0.1) is 11.3 Å². The van der Waals surface area contributed by atoms with Gasteiger partial charge in [-0.25, -0.2) is 14.8 Å². The van der Waals surface area contributed by atoms with Crippen molar-refractivity contribution in [3.05, 3.63) is 57.5 Å². The zero-order chi connectivity index (χ0) is 27.5. The number of halogens is 1. The number of carbonyl (C=O) groups is 2. The molecule has 5 rings (SSSR count). The molecule has 2 aliphatic heterocycles. The average Bonchev–Trinajstić information content (AvgIpc) is 3.56. The summed E-state index contributed by atoms with van der Waals surface area (Å²) in [4.78, 5) is 37.1. The predicted molar refractivity (Wildman–Crippen MR) is 145 cm³/mol. The summed E-state index contributed by atoms with van der Waals surface area (Å²) >= 11 is 4.80. The van der Waals surface area contributed by atoms with Crippen molar-refractivity contribution in [3.8, 4) is 0 Å². The van der Waals surface area contributed by atoms with Crippen molar-refractivity contribution >= 4 is 50.9 Å². The van der Waals surface area contributed by atoms with Crippen molar-refractivity contribution in [1.82, 2.24) is 29.7 Å². The number of rotatable bonds is 8. The number of ether oxygens (including phenoxy) is 2. The molecular formula is C25H28BrN7O5S. The Balaban J connectivity index is 1.18. The van der Waals surface area contributed by atoms with Crippen LogP contribution in [0.25, 0.3) is 11.2 Å². The van der Waals surface area contributed by atoms with E-state index in [0.717, 1.165) is 29.3 Å². The van der Waals surface area contributed by atoms with Crippen LogP contribution in [0.2, 0.25) is 0 Å². The molecule has 4 heterocycles. The highest BCUT2D eigenvalue weighted by Crippen LogP contribution is 2.39. The summed E-state index contributed by atoms with van der Waals surface area (Å²) < 4.78 is 14.5. The number of piperidine rings is 1. The third-order valence-corrected chi connectivity index (χ3v) is 8.28. The molecule has 39 heavy (non-hydrogen) atoms. The zero-order valence-corrected chi connectivity index (χ0v) is 23.5. The molecule has 4 N–H and O–H groups in total. The Morgan fingerprint density at radius 2 is 2.10 bits per heavy atom. The molecule has 0 radical (unpaired) electrons. The van der Waals surface area contributed by atoms with Gasteiger partial charge in [0.25, 0.3) is 6.29 Å². The predicted octanol–water partition coefficient (Wildman–Crippen LogP) is 3.92. The fraction of sp³-hybridized carbons (Fsp3) is 0.400. The molecule has 3 aromatic rings. The number of nitrogens with zero attached hydrogens (tertiary/aromatic N) is 4. The number of hydrogen-bond donors (Lipinski definition) is 4. The zero-order valence-electron chi connectivity index (χ0n) is 21.1. The number of benzene rings is 1. The molecule has 1 saturated heterocycles. The first-order chi connectivity index (χ1) is 18.8. The van der Waals surface area contributed by atoms with Gasteiger partial charge in [0.1, 0.15) is 17.8 Å². The third-order valence-electron chi connectivity index (χ3n) is 6.78. The van der Waals surface area contributed by atoms with Gasteiger partial charge in [-0.15, -0.1) is 0 Å². The summed E-state index contributed by atoms with van der Waals surface area (Å²) in [6.45, 7) is 3.42. The van der Waals surface area contributed by atoms with Crippen LogP contribution in [0.3, 0.4) is 0 Å². The molecular weight excluding hydrogens is 590 g/mol. The number of hydrogen-bond acceptors (Lipinski definition) is 8. The molecule has 2 aliphatic rings. The van der Waals surface area contributed by atoms with E-state index in [2.05, 4.69) is 31.2 Å². The molecule has 14 heteroatoms. The Bertz CT molecular complexity index is 1470. The molecule has 2 atom stereocenters. The lowest BCUT2D eigenvalue weighted by Gasteiger charge is -2.33. The molecule has 206 valence electrons. The highest BCUT2D eigenvalue weighted by molar-refractivity contribution is 9.10. The lowest BCUT2D eigenvalue weighted by atomic mass is 9.93. The lowest BCUT2D eigenvalue weighted by molar-refractivity contribution is -0.134. The van der Waals surface area contributed by atoms with E-state index in [0.29, 0.717) is 47.0 Å². The van der Waals surface area contributed by atoms with Crippen molar-refractivity contribution in [2.24, 2.45) is 5.92 Å². The van der Waals surface area contributed by atoms with Crippen molar-refractivity contribution in [1.29, 1.82) is 5.41 Å². The van der Waals surface area contributed by atoms with E-state index in [1.807, 2.05) is 28.8 Å². The number of H-pyrrole nitrogens is 1. The van der Waals surface area contributed by atoms with E-state index >= 15 is 0 Å². The number of nitrogens with one attached hydrogen (secondary N) is 3. The number of imidazole rings is 1. The maximum Gasteiger partial charge on any atom is 0.405 e. The standard InChI is InChI=1S/C25H28BrN7O5S/c1-14(29-25(35)36)22(34)32-9-6-15(7-10-32)8-11-33-13-28-20(27)19-21(33)31-24(30-19)39-18-12-37-23(38-18)16-4-2-3-5-17(16)26/h2-5,12-15,23,27,29H,6-11H2,1H3,(H,30,31)(H,35,36)/t14-,23?/m0/s1. The van der Waals surface area contributed by atoms with Gasteiger partial charge in [0.15, 0.2) is 16.3 Å². The number of aryl methyl sites for hydroxylation is 1. The van der Waals surface area contributed by atoms with Gasteiger partial charge in [-0.2, -0.15) is 0 Å². The minimum absolute atomic E-state index is 0.111. The number of carbonyl (C=O) groups excluding carboxylic acids is 1. The first kappa shape index (κ1) is 27.1. The normalized spacial score (nSPS) is 18.4. The SMILES string of the molecule is C[C@H](NC(=O)O)C(=O)N1CCC(CCn2cnc(=N)c3[nH]c(SC4=COC(c5ccccc5Br)O4)nc32)CC1. The van der Waals surface area contributed by atoms with E-state index < -0.39 is 18.4 Å². The Morgan fingerprint density at radius 1 is 1.33 bits per heavy atom. The molecule has 1 fully saturated rings. The number of fused-ring (bicyclic) bond motifs is 1. The number of aromatic nitrogens is 4. The summed E-state index contributed by atoms with van der Waals surface area (Å²) in [6.07, 6.45) is 3.99. The topological polar surface area (TPSA) is 158 Å². The lowest BCUT2D eigenvalue weighted by Crippen LogP contribution is -2.49. The maximum absolute atomic E-state index is 12.5. The highest BCUT2D eigenvalue weighted by Gasteiger charge is 2.27. The van der Waals surface area contributed by atoms with Crippen LogP contribution >= 0.6 is 27.7 Å². The van der Waals surface area contributed by atoms with Gasteiger partial charge in [-0.3, -0.25) is 10.2 Å². The van der Waals surface area contributed by atoms with E-state index in [1.165, 1.54) is 11.8 Å². The van der Waals surface area contributed by atoms with Crippen molar-refractivity contribution < 1.29 is 24.2 Å². The Kier molecular flexibility index (Phi) is 8.12. The van der Waals surface area contributed by atoms with Gasteiger partial charge in [0, 0.05) is 29.7 Å². The quantitative estimate of drug-likeness (QED) is 0.296. The molecule has 0 aliphatic carbocycles. The molecule has 0 spiro atoms. The number of amides is 2. The van der Waals surface area contributed by atoms with Crippen LogP contribution in [-0.2, 0) is 20.8 Å². The van der Waals surface area contributed by atoms with Crippen LogP contribution in [-0.4, -0.2) is 60.7 Å². The Labute approximate surface area is 236 Å². The molecule has 0 bridgehead atoms. The number of likely N-dealkylation sites (tertiary alicyclic amines) is 1. The second-order valence-electron chi connectivity index (χ2n) is 9.40. The van der Waals surface area contributed by atoms with Crippen LogP contribution in [0.1, 0.15) is 38.0 Å². The first-order valence-corrected chi connectivity index (χ1v) is 14.1. The third kappa shape index (κ3) is 6.22. The van der Waals surface area contributed by atoms with Crippen LogP contribution in [0.4, 0.5) is 4.79 Å². The summed E-state index contributed by atoms with van der Waals surface area (Å²) in [5, 5.41) is 20.4.